The third-order valence-corrected chi connectivity index (χ3v) is 5.39. The van der Waals surface area contributed by atoms with Gasteiger partial charge in [0.05, 0.1) is 43.2 Å². The van der Waals surface area contributed by atoms with Crippen molar-refractivity contribution < 1.29 is 19.1 Å². The number of ether oxygens (including phenoxy) is 2. The van der Waals surface area contributed by atoms with Gasteiger partial charge in [-0.05, 0) is 27.2 Å². The topological polar surface area (TPSA) is 126 Å². The Kier molecular flexibility index (Phi) is 5.56. The Balaban J connectivity index is 1.53. The molecule has 0 N–H and O–H groups in total. The number of aromatic nitrogens is 4. The summed E-state index contributed by atoms with van der Waals surface area (Å²) in [5.74, 6) is 0.00281. The van der Waals surface area contributed by atoms with Crippen LogP contribution in [0.3, 0.4) is 0 Å². The monoisotopic (exact) mass is 439 g/mol. The molecule has 0 unspecified atom stereocenters. The molecule has 32 heavy (non-hydrogen) atoms. The number of methoxy groups -OCH3 is 1. The van der Waals surface area contributed by atoms with E-state index in [0.717, 1.165) is 0 Å². The fraction of sp³-hybridized carbons (Fsp3) is 0.524. The van der Waals surface area contributed by atoms with Gasteiger partial charge in [-0.15, -0.1) is 0 Å². The van der Waals surface area contributed by atoms with Crippen LogP contribution in [0.25, 0.3) is 5.95 Å². The van der Waals surface area contributed by atoms with E-state index in [1.807, 2.05) is 26.8 Å². The first-order chi connectivity index (χ1) is 15.2. The van der Waals surface area contributed by atoms with Crippen LogP contribution in [0.4, 0.5) is 4.79 Å². The zero-order chi connectivity index (χ0) is 23.0. The minimum atomic E-state index is -0.615. The van der Waals surface area contributed by atoms with Gasteiger partial charge in [-0.3, -0.25) is 4.79 Å². The third-order valence-electron chi connectivity index (χ3n) is 5.39. The molecule has 1 saturated heterocycles. The summed E-state index contributed by atoms with van der Waals surface area (Å²) >= 11 is 0. The second kappa shape index (κ2) is 8.20. The SMILES string of the molecule is COC[C@@H]1C[C@@H](N2Cc3cnc(-n4cc(C#N)cn4)nc3C2=O)CN1C(=O)OC(C)(C)C. The predicted octanol–water partition coefficient (Wildman–Crippen LogP) is 1.51. The van der Waals surface area contributed by atoms with E-state index in [9.17, 15) is 9.59 Å². The van der Waals surface area contributed by atoms with Crippen LogP contribution < -0.4 is 0 Å². The number of nitriles is 1. The predicted molar refractivity (Wildman–Crippen MR) is 111 cm³/mol. The van der Waals surface area contributed by atoms with Gasteiger partial charge in [-0.25, -0.2) is 19.4 Å². The molecule has 0 aliphatic carbocycles. The van der Waals surface area contributed by atoms with Gasteiger partial charge in [0.2, 0.25) is 0 Å². The highest BCUT2D eigenvalue weighted by Gasteiger charge is 2.44. The molecule has 0 saturated carbocycles. The van der Waals surface area contributed by atoms with Crippen LogP contribution in [0.2, 0.25) is 0 Å². The lowest BCUT2D eigenvalue weighted by molar-refractivity contribution is 0.0140. The molecular formula is C21H25N7O4. The second-order valence-electron chi connectivity index (χ2n) is 8.89. The van der Waals surface area contributed by atoms with E-state index >= 15 is 0 Å². The summed E-state index contributed by atoms with van der Waals surface area (Å²) in [4.78, 5) is 38.0. The summed E-state index contributed by atoms with van der Waals surface area (Å²) in [5.41, 5.74) is 0.781. The number of amides is 2. The summed E-state index contributed by atoms with van der Waals surface area (Å²) in [5, 5.41) is 13.0. The minimum Gasteiger partial charge on any atom is -0.444 e. The molecule has 2 atom stereocenters. The minimum absolute atomic E-state index is 0.188. The van der Waals surface area contributed by atoms with E-state index < -0.39 is 11.7 Å². The van der Waals surface area contributed by atoms with E-state index in [2.05, 4.69) is 15.1 Å². The van der Waals surface area contributed by atoms with Gasteiger partial charge in [0.1, 0.15) is 17.4 Å². The fourth-order valence-electron chi connectivity index (χ4n) is 4.00. The Morgan fingerprint density at radius 1 is 1.34 bits per heavy atom. The maximum atomic E-state index is 13.2. The van der Waals surface area contributed by atoms with Crippen molar-refractivity contribution in [1.29, 1.82) is 5.26 Å². The molecule has 168 valence electrons. The Hall–Kier alpha value is -3.52. The molecule has 11 heteroatoms. The van der Waals surface area contributed by atoms with Gasteiger partial charge in [-0.2, -0.15) is 10.4 Å². The summed E-state index contributed by atoms with van der Waals surface area (Å²) < 4.78 is 12.2. The molecule has 2 aromatic heterocycles. The summed E-state index contributed by atoms with van der Waals surface area (Å²) in [7, 11) is 1.58. The average molecular weight is 439 g/mol. The number of carbonyl (C=O) groups excluding carboxylic acids is 2. The molecule has 2 aliphatic rings. The standard InChI is InChI=1S/C21H25N7O4/c1-21(2,3)32-20(30)27-11-15(5-16(27)12-31-4)26-10-14-8-23-19(25-17(14)18(26)29)28-9-13(6-22)7-24-28/h7-9,15-16H,5,10-12H2,1-4H3/t15-,16+/m1/s1. The highest BCUT2D eigenvalue weighted by atomic mass is 16.6. The molecule has 4 heterocycles. The quantitative estimate of drug-likeness (QED) is 0.702. The number of carbonyl (C=O) groups is 2. The van der Waals surface area contributed by atoms with Crippen molar-refractivity contribution in [2.75, 3.05) is 20.3 Å². The lowest BCUT2D eigenvalue weighted by Crippen LogP contribution is -2.43. The van der Waals surface area contributed by atoms with Gasteiger partial charge in [-0.1, -0.05) is 0 Å². The van der Waals surface area contributed by atoms with E-state index in [4.69, 9.17) is 14.7 Å². The largest absolute Gasteiger partial charge is 0.444 e. The maximum absolute atomic E-state index is 13.2. The van der Waals surface area contributed by atoms with Gasteiger partial charge >= 0.3 is 6.09 Å². The van der Waals surface area contributed by atoms with E-state index in [1.54, 1.807) is 23.1 Å². The van der Waals surface area contributed by atoms with Gasteiger partial charge < -0.3 is 19.3 Å². The molecule has 4 rings (SSSR count). The van der Waals surface area contributed by atoms with Crippen LogP contribution in [0, 0.1) is 11.3 Å². The zero-order valence-corrected chi connectivity index (χ0v) is 18.5. The van der Waals surface area contributed by atoms with Crippen molar-refractivity contribution in [1.82, 2.24) is 29.5 Å². The van der Waals surface area contributed by atoms with E-state index in [1.165, 1.54) is 17.1 Å². The van der Waals surface area contributed by atoms with Crippen LogP contribution in [0.1, 0.15) is 48.8 Å². The Morgan fingerprint density at radius 3 is 2.78 bits per heavy atom. The Bertz CT molecular complexity index is 1080. The molecule has 2 aromatic rings. The smallest absolute Gasteiger partial charge is 0.410 e. The van der Waals surface area contributed by atoms with Crippen LogP contribution in [0.15, 0.2) is 18.6 Å². The first-order valence-corrected chi connectivity index (χ1v) is 10.3. The summed E-state index contributed by atoms with van der Waals surface area (Å²) in [6, 6.07) is 1.62. The van der Waals surface area contributed by atoms with Crippen molar-refractivity contribution in [3.8, 4) is 12.0 Å². The van der Waals surface area contributed by atoms with Gasteiger partial charge in [0.25, 0.3) is 11.9 Å². The number of rotatable bonds is 4. The number of likely N-dealkylation sites (tertiary alicyclic amines) is 1. The molecule has 1 fully saturated rings. The van der Waals surface area contributed by atoms with Crippen molar-refractivity contribution in [3.63, 3.8) is 0 Å². The lowest BCUT2D eigenvalue weighted by atomic mass is 10.1. The number of hydrogen-bond donors (Lipinski definition) is 0. The molecule has 11 nitrogen and oxygen atoms in total. The van der Waals surface area contributed by atoms with Crippen LogP contribution >= 0.6 is 0 Å². The van der Waals surface area contributed by atoms with Crippen LogP contribution in [-0.4, -0.2) is 79.5 Å². The normalized spacial score (nSPS) is 20.4. The lowest BCUT2D eigenvalue weighted by Gasteiger charge is -2.28. The van der Waals surface area contributed by atoms with Crippen molar-refractivity contribution in [2.24, 2.45) is 0 Å². The molecule has 0 bridgehead atoms. The zero-order valence-electron chi connectivity index (χ0n) is 18.5. The highest BCUT2D eigenvalue weighted by Crippen LogP contribution is 2.31. The van der Waals surface area contributed by atoms with E-state index in [-0.39, 0.29) is 23.9 Å². The molecule has 0 aromatic carbocycles. The average Bonchev–Trinajstić information content (AvgIpc) is 3.44. The number of hydrogen-bond acceptors (Lipinski definition) is 8. The molecule has 2 amide bonds. The van der Waals surface area contributed by atoms with E-state index in [0.29, 0.717) is 42.9 Å². The van der Waals surface area contributed by atoms with Crippen molar-refractivity contribution in [3.05, 3.63) is 35.4 Å². The van der Waals surface area contributed by atoms with Crippen molar-refractivity contribution >= 4 is 12.0 Å². The highest BCUT2D eigenvalue weighted by molar-refractivity contribution is 5.96. The Morgan fingerprint density at radius 2 is 2.12 bits per heavy atom. The third kappa shape index (κ3) is 4.13. The van der Waals surface area contributed by atoms with Crippen LogP contribution in [0.5, 0.6) is 0 Å². The van der Waals surface area contributed by atoms with Gasteiger partial charge in [0.15, 0.2) is 0 Å². The molecule has 2 aliphatic heterocycles. The summed E-state index contributed by atoms with van der Waals surface area (Å²) in [6.07, 6.45) is 4.68. The maximum Gasteiger partial charge on any atom is 0.410 e. The fourth-order valence-corrected chi connectivity index (χ4v) is 4.00. The number of nitrogens with zero attached hydrogens (tertiary/aromatic N) is 7. The van der Waals surface area contributed by atoms with Gasteiger partial charge in [0, 0.05) is 25.4 Å². The first-order valence-electron chi connectivity index (χ1n) is 10.3. The van der Waals surface area contributed by atoms with Crippen LogP contribution in [-0.2, 0) is 16.0 Å². The summed E-state index contributed by atoms with van der Waals surface area (Å²) in [6.45, 7) is 6.53. The molecular weight excluding hydrogens is 414 g/mol. The first kappa shape index (κ1) is 21.7. The number of fused-ring (bicyclic) bond motifs is 1. The molecule has 0 radical (unpaired) electrons. The second-order valence-corrected chi connectivity index (χ2v) is 8.89. The van der Waals surface area contributed by atoms with Crippen molar-refractivity contribution in [2.45, 2.75) is 51.4 Å². The molecule has 0 spiro atoms. The Labute approximate surface area is 185 Å².